The van der Waals surface area contributed by atoms with E-state index in [1.807, 2.05) is 0 Å². The zero-order valence-electron chi connectivity index (χ0n) is 12.7. The van der Waals surface area contributed by atoms with E-state index >= 15 is 0 Å². The summed E-state index contributed by atoms with van der Waals surface area (Å²) in [4.78, 5) is 11.2. The fourth-order valence-corrected chi connectivity index (χ4v) is 4.33. The molecule has 1 heterocycles. The van der Waals surface area contributed by atoms with E-state index in [1.165, 1.54) is 20.4 Å². The summed E-state index contributed by atoms with van der Waals surface area (Å²) in [7, 11) is -0.770. The lowest BCUT2D eigenvalue weighted by Crippen LogP contribution is -2.32. The molecule has 0 saturated heterocycles. The van der Waals surface area contributed by atoms with Gasteiger partial charge in [-0.05, 0) is 18.8 Å². The van der Waals surface area contributed by atoms with Gasteiger partial charge in [0.05, 0.1) is 18.1 Å². The van der Waals surface area contributed by atoms with E-state index in [-0.39, 0.29) is 29.2 Å². The quantitative estimate of drug-likeness (QED) is 0.773. The number of methoxy groups -OCH3 is 1. The lowest BCUT2D eigenvalue weighted by molar-refractivity contribution is 0.0686. The Balaban J connectivity index is 2.12. The maximum Gasteiger partial charge on any atom is 0.356 e. The number of nitrogens with one attached hydrogen (secondary N) is 1. The zero-order valence-corrected chi connectivity index (χ0v) is 13.5. The number of aromatic nitrogens is 2. The summed E-state index contributed by atoms with van der Waals surface area (Å²) in [5.74, 6) is -1.20. The summed E-state index contributed by atoms with van der Waals surface area (Å²) < 4.78 is 33.3. The highest BCUT2D eigenvalue weighted by Crippen LogP contribution is 2.30. The normalized spacial score (nSPS) is 17.5. The maximum atomic E-state index is 12.3. The summed E-state index contributed by atoms with van der Waals surface area (Å²) in [6.07, 6.45) is 4.90. The molecule has 1 fully saturated rings. The highest BCUT2D eigenvalue weighted by Gasteiger charge is 2.30. The molecule has 2 N–H and O–H groups in total. The number of aromatic carboxylic acids is 1. The molecule has 0 amide bonds. The van der Waals surface area contributed by atoms with Gasteiger partial charge in [-0.3, -0.25) is 9.40 Å². The van der Waals surface area contributed by atoms with Gasteiger partial charge in [-0.25, -0.2) is 13.2 Å². The number of carboxylic acids is 1. The van der Waals surface area contributed by atoms with E-state index in [2.05, 4.69) is 9.82 Å². The first-order valence-electron chi connectivity index (χ1n) is 7.12. The van der Waals surface area contributed by atoms with E-state index < -0.39 is 16.0 Å². The molecule has 22 heavy (non-hydrogen) atoms. The maximum absolute atomic E-state index is 12.3. The van der Waals surface area contributed by atoms with Crippen molar-refractivity contribution in [3.05, 3.63) is 11.9 Å². The summed E-state index contributed by atoms with van der Waals surface area (Å²) in [5.41, 5.74) is -0.227. The fourth-order valence-electron chi connectivity index (χ4n) is 2.92. The molecule has 1 aliphatic rings. The smallest absolute Gasteiger partial charge is 0.356 e. The van der Waals surface area contributed by atoms with Crippen LogP contribution < -0.4 is 4.72 Å². The Morgan fingerprint density at radius 3 is 2.73 bits per heavy atom. The predicted molar refractivity (Wildman–Crippen MR) is 80.3 cm³/mol. The van der Waals surface area contributed by atoms with Gasteiger partial charge in [0.2, 0.25) is 10.0 Å². The minimum Gasteiger partial charge on any atom is -0.476 e. The standard InChI is InChI=1S/C13H21N3O5S/c1-16-12(13(17)18)10(7-14-16)15-22(19,20)8-11(21-2)9-5-3-4-6-9/h7,9,11,15H,3-6,8H2,1-2H3,(H,17,18). The minimum atomic E-state index is -3.72. The molecule has 0 radical (unpaired) electrons. The van der Waals surface area contributed by atoms with Crippen molar-refractivity contribution in [2.45, 2.75) is 31.8 Å². The van der Waals surface area contributed by atoms with E-state index in [0.717, 1.165) is 30.4 Å². The van der Waals surface area contributed by atoms with Crippen molar-refractivity contribution in [1.29, 1.82) is 0 Å². The number of ether oxygens (including phenoxy) is 1. The summed E-state index contributed by atoms with van der Waals surface area (Å²) >= 11 is 0. The van der Waals surface area contributed by atoms with Crippen LogP contribution in [0, 0.1) is 5.92 Å². The molecule has 0 aliphatic heterocycles. The first-order chi connectivity index (χ1) is 10.3. The van der Waals surface area contributed by atoms with Crippen molar-refractivity contribution in [3.63, 3.8) is 0 Å². The number of carbonyl (C=O) groups is 1. The molecule has 9 heteroatoms. The van der Waals surface area contributed by atoms with Crippen LogP contribution in [0.25, 0.3) is 0 Å². The van der Waals surface area contributed by atoms with Crippen molar-refractivity contribution in [2.75, 3.05) is 17.6 Å². The van der Waals surface area contributed by atoms with Crippen LogP contribution in [0.4, 0.5) is 5.69 Å². The third kappa shape index (κ3) is 3.77. The topological polar surface area (TPSA) is 111 Å². The van der Waals surface area contributed by atoms with Crippen LogP contribution >= 0.6 is 0 Å². The van der Waals surface area contributed by atoms with Crippen LogP contribution in [0.1, 0.15) is 36.2 Å². The van der Waals surface area contributed by atoms with Crippen LogP contribution in [-0.2, 0) is 21.8 Å². The number of rotatable bonds is 7. The molecule has 124 valence electrons. The van der Waals surface area contributed by atoms with Gasteiger partial charge in [-0.1, -0.05) is 12.8 Å². The highest BCUT2D eigenvalue weighted by molar-refractivity contribution is 7.92. The average molecular weight is 331 g/mol. The van der Waals surface area contributed by atoms with Gasteiger partial charge in [0.15, 0.2) is 5.69 Å². The molecule has 1 unspecified atom stereocenters. The highest BCUT2D eigenvalue weighted by atomic mass is 32.2. The number of hydrogen-bond acceptors (Lipinski definition) is 5. The van der Waals surface area contributed by atoms with Crippen molar-refractivity contribution in [3.8, 4) is 0 Å². The molecule has 8 nitrogen and oxygen atoms in total. The number of sulfonamides is 1. The average Bonchev–Trinajstić information content (AvgIpc) is 3.05. The zero-order chi connectivity index (χ0) is 16.3. The predicted octanol–water partition coefficient (Wildman–Crippen LogP) is 1.07. The molecule has 0 bridgehead atoms. The molecule has 1 aromatic rings. The van der Waals surface area contributed by atoms with Crippen LogP contribution in [0.3, 0.4) is 0 Å². The van der Waals surface area contributed by atoms with Crippen LogP contribution in [0.5, 0.6) is 0 Å². The summed E-state index contributed by atoms with van der Waals surface area (Å²) in [6, 6.07) is 0. The number of anilines is 1. The number of hydrogen-bond donors (Lipinski definition) is 2. The molecule has 1 aromatic heterocycles. The second-order valence-electron chi connectivity index (χ2n) is 5.54. The van der Waals surface area contributed by atoms with Crippen LogP contribution in [-0.4, -0.2) is 48.2 Å². The minimum absolute atomic E-state index is 0.0312. The van der Waals surface area contributed by atoms with E-state index in [0.29, 0.717) is 0 Å². The molecule has 0 aromatic carbocycles. The van der Waals surface area contributed by atoms with Gasteiger partial charge in [0.1, 0.15) is 5.69 Å². The molecule has 1 aliphatic carbocycles. The number of nitrogens with zero attached hydrogens (tertiary/aromatic N) is 2. The number of carboxylic acid groups (broad SMARTS) is 1. The Hall–Kier alpha value is -1.61. The van der Waals surface area contributed by atoms with Gasteiger partial charge >= 0.3 is 5.97 Å². The van der Waals surface area contributed by atoms with E-state index in [9.17, 15) is 13.2 Å². The first-order valence-corrected chi connectivity index (χ1v) is 8.78. The second-order valence-corrected chi connectivity index (χ2v) is 7.30. The van der Waals surface area contributed by atoms with Crippen molar-refractivity contribution in [2.24, 2.45) is 13.0 Å². The third-order valence-electron chi connectivity index (χ3n) is 4.02. The van der Waals surface area contributed by atoms with Crippen molar-refractivity contribution in [1.82, 2.24) is 9.78 Å². The number of aryl methyl sites for hydroxylation is 1. The summed E-state index contributed by atoms with van der Waals surface area (Å²) in [5, 5.41) is 12.9. The lowest BCUT2D eigenvalue weighted by atomic mass is 10.0. The van der Waals surface area contributed by atoms with E-state index in [1.54, 1.807) is 0 Å². The Bertz CT molecular complexity index is 634. The Kier molecular flexibility index (Phi) is 5.07. The van der Waals surface area contributed by atoms with Crippen LogP contribution in [0.15, 0.2) is 6.20 Å². The molecule has 1 saturated carbocycles. The molecule has 0 spiro atoms. The first kappa shape index (κ1) is 16.8. The third-order valence-corrected chi connectivity index (χ3v) is 5.32. The molecule has 2 rings (SSSR count). The van der Waals surface area contributed by atoms with Crippen molar-refractivity contribution < 1.29 is 23.1 Å². The molecular weight excluding hydrogens is 310 g/mol. The largest absolute Gasteiger partial charge is 0.476 e. The van der Waals surface area contributed by atoms with Gasteiger partial charge in [0.25, 0.3) is 0 Å². The SMILES string of the molecule is COC(CS(=O)(=O)Nc1cnn(C)c1C(=O)O)C1CCCC1. The van der Waals surface area contributed by atoms with Gasteiger partial charge in [0, 0.05) is 14.2 Å². The monoisotopic (exact) mass is 331 g/mol. The molecule has 1 atom stereocenters. The van der Waals surface area contributed by atoms with Crippen LogP contribution in [0.2, 0.25) is 0 Å². The summed E-state index contributed by atoms with van der Waals surface area (Å²) in [6.45, 7) is 0. The Labute approximate surface area is 129 Å². The fraction of sp³-hybridized carbons (Fsp3) is 0.692. The van der Waals surface area contributed by atoms with E-state index in [4.69, 9.17) is 9.84 Å². The Morgan fingerprint density at radius 2 is 2.18 bits per heavy atom. The van der Waals surface area contributed by atoms with Gasteiger partial charge < -0.3 is 9.84 Å². The van der Waals surface area contributed by atoms with Crippen molar-refractivity contribution >= 4 is 21.7 Å². The Morgan fingerprint density at radius 1 is 1.55 bits per heavy atom. The lowest BCUT2D eigenvalue weighted by Gasteiger charge is -2.22. The molecular formula is C13H21N3O5S. The second kappa shape index (κ2) is 6.66. The van der Waals surface area contributed by atoms with Gasteiger partial charge in [-0.2, -0.15) is 5.10 Å². The van der Waals surface area contributed by atoms with Gasteiger partial charge in [-0.15, -0.1) is 0 Å².